The van der Waals surface area contributed by atoms with E-state index in [2.05, 4.69) is 10.0 Å². The first-order valence-corrected chi connectivity index (χ1v) is 5.81. The molecular weight excluding hydrogens is 238 g/mol. The zero-order valence-electron chi connectivity index (χ0n) is 9.95. The molecule has 4 nitrogen and oxygen atoms in total. The highest BCUT2D eigenvalue weighted by Crippen LogP contribution is 2.29. The molecule has 0 atom stereocenters. The molecule has 3 rings (SSSR count). The molecule has 4 heteroatoms. The second kappa shape index (κ2) is 4.44. The third-order valence-electron chi connectivity index (χ3n) is 3.13. The molecule has 0 fully saturated rings. The van der Waals surface area contributed by atoms with Crippen LogP contribution in [-0.4, -0.2) is 5.91 Å². The van der Waals surface area contributed by atoms with Gasteiger partial charge in [0.1, 0.15) is 0 Å². The summed E-state index contributed by atoms with van der Waals surface area (Å²) in [5, 5.41) is 7.02. The van der Waals surface area contributed by atoms with Crippen molar-refractivity contribution in [3.63, 3.8) is 0 Å². The number of carbonyl (C=O) groups excluding carboxylic acids is 1. The highest BCUT2D eigenvalue weighted by molar-refractivity contribution is 6.17. The molecule has 0 saturated carbocycles. The Bertz CT molecular complexity index is 848. The Kier molecular flexibility index (Phi) is 2.63. The highest BCUT2D eigenvalue weighted by Gasteiger charge is 2.11. The summed E-state index contributed by atoms with van der Waals surface area (Å²) in [6.45, 7) is 0. The average Bonchev–Trinajstić information content (AvgIpc) is 2.46. The minimum atomic E-state index is -0.551. The fourth-order valence-corrected chi connectivity index (χ4v) is 2.33. The van der Waals surface area contributed by atoms with E-state index in [1.54, 1.807) is 6.07 Å². The number of fused-ring (bicyclic) bond motifs is 3. The molecule has 0 aromatic heterocycles. The second-order valence-corrected chi connectivity index (χ2v) is 4.19. The molecule has 0 heterocycles. The smallest absolute Gasteiger partial charge is 0.249 e. The summed E-state index contributed by atoms with van der Waals surface area (Å²) in [7, 11) is 0. The predicted octanol–water partition coefficient (Wildman–Crippen LogP) is 4.44. The number of hydrogen-bond donors (Lipinski definition) is 0. The topological polar surface area (TPSA) is 65.8 Å². The summed E-state index contributed by atoms with van der Waals surface area (Å²) in [4.78, 5) is 14.5. The van der Waals surface area contributed by atoms with Gasteiger partial charge in [0.25, 0.3) is 0 Å². The van der Waals surface area contributed by atoms with Crippen LogP contribution >= 0.6 is 0 Å². The molecule has 0 unspecified atom stereocenters. The standard InChI is InChI=1S/C15H9N3O/c16-18-17-15(19)14-9-10-5-1-2-6-11(10)12-7-3-4-8-13(12)14/h1-9H. The largest absolute Gasteiger partial charge is 0.287 e. The van der Waals surface area contributed by atoms with Crippen molar-refractivity contribution in [3.05, 3.63) is 70.6 Å². The van der Waals surface area contributed by atoms with E-state index >= 15 is 0 Å². The van der Waals surface area contributed by atoms with Gasteiger partial charge in [0.05, 0.1) is 0 Å². The molecule has 3 aromatic rings. The monoisotopic (exact) mass is 247 g/mol. The van der Waals surface area contributed by atoms with Gasteiger partial charge in [0.15, 0.2) is 0 Å². The number of benzene rings is 3. The summed E-state index contributed by atoms with van der Waals surface area (Å²) in [6, 6.07) is 17.2. The minimum Gasteiger partial charge on any atom is -0.287 e. The highest BCUT2D eigenvalue weighted by atomic mass is 16.1. The molecule has 0 N–H and O–H groups in total. The lowest BCUT2D eigenvalue weighted by Crippen LogP contribution is -1.95. The molecule has 0 spiro atoms. The van der Waals surface area contributed by atoms with E-state index in [0.717, 1.165) is 21.5 Å². The molecular formula is C15H9N3O. The van der Waals surface area contributed by atoms with E-state index in [-0.39, 0.29) is 0 Å². The minimum absolute atomic E-state index is 0.437. The maximum atomic E-state index is 11.9. The Labute approximate surface area is 108 Å². The van der Waals surface area contributed by atoms with Crippen molar-refractivity contribution in [2.24, 2.45) is 5.11 Å². The zero-order chi connectivity index (χ0) is 13.2. The van der Waals surface area contributed by atoms with Crippen molar-refractivity contribution in [2.45, 2.75) is 0 Å². The Balaban J connectivity index is 2.49. The van der Waals surface area contributed by atoms with Crippen LogP contribution in [0, 0.1) is 0 Å². The Morgan fingerprint density at radius 2 is 1.58 bits per heavy atom. The average molecular weight is 247 g/mol. The van der Waals surface area contributed by atoms with Gasteiger partial charge in [-0.3, -0.25) is 4.79 Å². The lowest BCUT2D eigenvalue weighted by molar-refractivity contribution is 0.100. The summed E-state index contributed by atoms with van der Waals surface area (Å²) in [5.41, 5.74) is 8.86. The molecule has 0 saturated heterocycles. The van der Waals surface area contributed by atoms with Crippen LogP contribution in [0.3, 0.4) is 0 Å². The first-order chi connectivity index (χ1) is 9.31. The predicted molar refractivity (Wildman–Crippen MR) is 74.9 cm³/mol. The van der Waals surface area contributed by atoms with Gasteiger partial charge in [-0.1, -0.05) is 48.5 Å². The molecule has 3 aromatic carbocycles. The molecule has 19 heavy (non-hydrogen) atoms. The van der Waals surface area contributed by atoms with E-state index in [9.17, 15) is 4.79 Å². The van der Waals surface area contributed by atoms with Crippen molar-refractivity contribution in [1.29, 1.82) is 0 Å². The number of rotatable bonds is 1. The molecule has 0 radical (unpaired) electrons. The van der Waals surface area contributed by atoms with Crippen LogP contribution < -0.4 is 0 Å². The fraction of sp³-hybridized carbons (Fsp3) is 0. The van der Waals surface area contributed by atoms with Crippen molar-refractivity contribution in [3.8, 4) is 0 Å². The van der Waals surface area contributed by atoms with Gasteiger partial charge < -0.3 is 0 Å². The normalized spacial score (nSPS) is 10.3. The van der Waals surface area contributed by atoms with Crippen LogP contribution in [0.5, 0.6) is 0 Å². The van der Waals surface area contributed by atoms with Gasteiger partial charge in [-0.25, -0.2) is 0 Å². The van der Waals surface area contributed by atoms with Crippen molar-refractivity contribution < 1.29 is 4.79 Å². The molecule has 0 aliphatic carbocycles. The van der Waals surface area contributed by atoms with E-state index in [1.807, 2.05) is 48.5 Å². The van der Waals surface area contributed by atoms with E-state index in [0.29, 0.717) is 5.56 Å². The SMILES string of the molecule is [N-]=[N+]=NC(=O)c1cc2ccccc2c2ccccc12. The molecule has 90 valence electrons. The van der Waals surface area contributed by atoms with Crippen LogP contribution in [0.15, 0.2) is 59.7 Å². The number of carbonyl (C=O) groups is 1. The van der Waals surface area contributed by atoms with Gasteiger partial charge >= 0.3 is 0 Å². The quantitative estimate of drug-likeness (QED) is 0.271. The summed E-state index contributed by atoms with van der Waals surface area (Å²) < 4.78 is 0. The number of amides is 1. The van der Waals surface area contributed by atoms with Crippen LogP contribution in [-0.2, 0) is 0 Å². The third kappa shape index (κ3) is 1.80. The van der Waals surface area contributed by atoms with Crippen LogP contribution in [0.1, 0.15) is 10.4 Å². The Morgan fingerprint density at radius 1 is 0.947 bits per heavy atom. The van der Waals surface area contributed by atoms with Crippen molar-refractivity contribution in [2.75, 3.05) is 0 Å². The molecule has 1 amide bonds. The lowest BCUT2D eigenvalue weighted by Gasteiger charge is -2.07. The van der Waals surface area contributed by atoms with Crippen molar-refractivity contribution >= 4 is 27.5 Å². The summed E-state index contributed by atoms with van der Waals surface area (Å²) in [5.74, 6) is -0.551. The Hall–Kier alpha value is -2.84. The van der Waals surface area contributed by atoms with E-state index in [1.165, 1.54) is 0 Å². The molecule has 0 aliphatic rings. The maximum absolute atomic E-state index is 11.9. The van der Waals surface area contributed by atoms with Gasteiger partial charge in [-0.15, -0.1) is 0 Å². The van der Waals surface area contributed by atoms with Crippen LogP contribution in [0.2, 0.25) is 0 Å². The van der Waals surface area contributed by atoms with Gasteiger partial charge in [0.2, 0.25) is 5.91 Å². The fourth-order valence-electron chi connectivity index (χ4n) is 2.33. The van der Waals surface area contributed by atoms with E-state index in [4.69, 9.17) is 5.53 Å². The van der Waals surface area contributed by atoms with Crippen molar-refractivity contribution in [1.82, 2.24) is 0 Å². The number of azide groups is 1. The summed E-state index contributed by atoms with van der Waals surface area (Å²) in [6.07, 6.45) is 0. The lowest BCUT2D eigenvalue weighted by atomic mass is 9.97. The Morgan fingerprint density at radius 3 is 2.32 bits per heavy atom. The van der Waals surface area contributed by atoms with Gasteiger partial charge in [-0.2, -0.15) is 0 Å². The summed E-state index contributed by atoms with van der Waals surface area (Å²) >= 11 is 0. The van der Waals surface area contributed by atoms with E-state index < -0.39 is 5.91 Å². The second-order valence-electron chi connectivity index (χ2n) is 4.19. The third-order valence-corrected chi connectivity index (χ3v) is 3.13. The zero-order valence-corrected chi connectivity index (χ0v) is 9.95. The number of hydrogen-bond acceptors (Lipinski definition) is 1. The van der Waals surface area contributed by atoms with Gasteiger partial charge in [0, 0.05) is 10.5 Å². The van der Waals surface area contributed by atoms with Crippen LogP contribution in [0.4, 0.5) is 0 Å². The molecule has 0 bridgehead atoms. The first kappa shape index (κ1) is 11.3. The maximum Gasteiger partial charge on any atom is 0.249 e. The first-order valence-electron chi connectivity index (χ1n) is 5.81. The number of nitrogens with zero attached hydrogens (tertiary/aromatic N) is 3. The molecule has 0 aliphatic heterocycles. The van der Waals surface area contributed by atoms with Crippen LogP contribution in [0.25, 0.3) is 32.0 Å². The van der Waals surface area contributed by atoms with Gasteiger partial charge in [-0.05, 0) is 38.3 Å².